The van der Waals surface area contributed by atoms with Crippen molar-refractivity contribution in [3.8, 4) is 0 Å². The van der Waals surface area contributed by atoms with E-state index in [0.717, 1.165) is 55.4 Å². The summed E-state index contributed by atoms with van der Waals surface area (Å²) in [6.07, 6.45) is 6.32. The number of nitrogens with zero attached hydrogens (tertiary/aromatic N) is 2. The molecule has 0 aromatic carbocycles. The number of amides is 1. The molecule has 1 aliphatic heterocycles. The van der Waals surface area contributed by atoms with Crippen molar-refractivity contribution < 1.29 is 4.79 Å². The molecule has 2 aromatic rings. The van der Waals surface area contributed by atoms with Gasteiger partial charge in [-0.05, 0) is 43.6 Å². The Kier molecular flexibility index (Phi) is 4.16. The number of fused-ring (bicyclic) bond motifs is 3. The summed E-state index contributed by atoms with van der Waals surface area (Å²) < 4.78 is 0. The Balaban J connectivity index is 1.56. The maximum absolute atomic E-state index is 12.5. The van der Waals surface area contributed by atoms with Gasteiger partial charge in [0.05, 0.1) is 5.39 Å². The largest absolute Gasteiger partial charge is 0.343 e. The Hall–Kier alpha value is -1.69. The summed E-state index contributed by atoms with van der Waals surface area (Å²) in [4.78, 5) is 36.4. The number of rotatable bonds is 3. The van der Waals surface area contributed by atoms with E-state index in [1.165, 1.54) is 10.4 Å². The molecule has 0 saturated carbocycles. The molecule has 0 unspecified atom stereocenters. The molecule has 128 valence electrons. The first-order valence-electron chi connectivity index (χ1n) is 8.93. The van der Waals surface area contributed by atoms with E-state index in [1.54, 1.807) is 11.3 Å². The molecule has 1 aliphatic carbocycles. The van der Waals surface area contributed by atoms with Crippen LogP contribution >= 0.6 is 11.3 Å². The highest BCUT2D eigenvalue weighted by Gasteiger charge is 2.23. The van der Waals surface area contributed by atoms with E-state index >= 15 is 0 Å². The van der Waals surface area contributed by atoms with E-state index in [4.69, 9.17) is 0 Å². The second-order valence-corrected chi connectivity index (χ2v) is 8.22. The molecule has 0 bridgehead atoms. The minimum Gasteiger partial charge on any atom is -0.343 e. The van der Waals surface area contributed by atoms with E-state index < -0.39 is 0 Å². The number of hydrogen-bond donors (Lipinski definition) is 1. The van der Waals surface area contributed by atoms with Gasteiger partial charge in [0, 0.05) is 30.8 Å². The fourth-order valence-corrected chi connectivity index (χ4v) is 5.26. The Morgan fingerprint density at radius 2 is 2.17 bits per heavy atom. The molecule has 0 spiro atoms. The maximum Gasteiger partial charge on any atom is 0.259 e. The number of aromatic nitrogens is 2. The van der Waals surface area contributed by atoms with Crippen LogP contribution in [0.2, 0.25) is 0 Å². The number of nitrogens with one attached hydrogen (secondary N) is 1. The first-order chi connectivity index (χ1) is 11.6. The van der Waals surface area contributed by atoms with Gasteiger partial charge >= 0.3 is 0 Å². The van der Waals surface area contributed by atoms with Gasteiger partial charge in [0.2, 0.25) is 5.91 Å². The minimum absolute atomic E-state index is 0.0318. The second kappa shape index (κ2) is 6.31. The van der Waals surface area contributed by atoms with Crippen molar-refractivity contribution in [3.05, 3.63) is 26.6 Å². The summed E-state index contributed by atoms with van der Waals surface area (Å²) in [5.74, 6) is 1.50. The van der Waals surface area contributed by atoms with Gasteiger partial charge in [-0.3, -0.25) is 9.59 Å². The third-order valence-corrected chi connectivity index (χ3v) is 6.40. The van der Waals surface area contributed by atoms with Crippen molar-refractivity contribution in [2.75, 3.05) is 13.1 Å². The molecule has 1 amide bonds. The molecule has 0 radical (unpaired) electrons. The molecule has 1 fully saturated rings. The number of carbonyl (C=O) groups is 1. The average Bonchev–Trinajstić information content (AvgIpc) is 3.19. The molecule has 4 rings (SSSR count). The highest BCUT2D eigenvalue weighted by molar-refractivity contribution is 7.18. The molecule has 24 heavy (non-hydrogen) atoms. The third-order valence-electron chi connectivity index (χ3n) is 5.25. The van der Waals surface area contributed by atoms with Crippen LogP contribution in [0, 0.1) is 5.92 Å². The number of aryl methyl sites for hydroxylation is 2. The van der Waals surface area contributed by atoms with Gasteiger partial charge in [0.25, 0.3) is 5.56 Å². The van der Waals surface area contributed by atoms with Crippen LogP contribution in [0.1, 0.15) is 48.9 Å². The normalized spacial score (nSPS) is 20.5. The summed E-state index contributed by atoms with van der Waals surface area (Å²) in [5.41, 5.74) is 1.18. The van der Waals surface area contributed by atoms with Gasteiger partial charge in [0.15, 0.2) is 0 Å². The molecule has 2 aliphatic rings. The van der Waals surface area contributed by atoms with Crippen molar-refractivity contribution >= 4 is 27.5 Å². The molecule has 5 nitrogen and oxygen atoms in total. The molecule has 3 heterocycles. The lowest BCUT2D eigenvalue weighted by molar-refractivity contribution is -0.130. The van der Waals surface area contributed by atoms with Crippen LogP contribution in [-0.2, 0) is 24.1 Å². The lowest BCUT2D eigenvalue weighted by Gasteiger charge is -2.17. The summed E-state index contributed by atoms with van der Waals surface area (Å²) >= 11 is 1.66. The average molecular weight is 345 g/mol. The van der Waals surface area contributed by atoms with Crippen LogP contribution in [0.5, 0.6) is 0 Å². The van der Waals surface area contributed by atoms with E-state index in [9.17, 15) is 9.59 Å². The minimum atomic E-state index is -0.0318. The van der Waals surface area contributed by atoms with Gasteiger partial charge in [-0.25, -0.2) is 4.98 Å². The van der Waals surface area contributed by atoms with Crippen molar-refractivity contribution in [2.24, 2.45) is 5.92 Å². The van der Waals surface area contributed by atoms with E-state index in [-0.39, 0.29) is 11.5 Å². The molecular weight excluding hydrogens is 322 g/mol. The van der Waals surface area contributed by atoms with Gasteiger partial charge in [-0.1, -0.05) is 6.92 Å². The summed E-state index contributed by atoms with van der Waals surface area (Å²) in [7, 11) is 0. The van der Waals surface area contributed by atoms with Crippen LogP contribution in [0.4, 0.5) is 0 Å². The second-order valence-electron chi connectivity index (χ2n) is 7.13. The summed E-state index contributed by atoms with van der Waals surface area (Å²) in [6.45, 7) is 4.01. The molecule has 1 saturated heterocycles. The predicted octanol–water partition coefficient (Wildman–Crippen LogP) is 2.66. The number of aromatic amines is 1. The topological polar surface area (TPSA) is 66.1 Å². The maximum atomic E-state index is 12.5. The first kappa shape index (κ1) is 15.8. The zero-order chi connectivity index (χ0) is 16.7. The Labute approximate surface area is 145 Å². The highest BCUT2D eigenvalue weighted by atomic mass is 32.1. The van der Waals surface area contributed by atoms with Crippen LogP contribution in [0.15, 0.2) is 4.79 Å². The quantitative estimate of drug-likeness (QED) is 0.930. The number of thiophene rings is 1. The Morgan fingerprint density at radius 3 is 2.96 bits per heavy atom. The molecule has 2 aromatic heterocycles. The van der Waals surface area contributed by atoms with Gasteiger partial charge in [-0.2, -0.15) is 0 Å². The van der Waals surface area contributed by atoms with Crippen molar-refractivity contribution in [3.63, 3.8) is 0 Å². The van der Waals surface area contributed by atoms with E-state index in [2.05, 4.69) is 16.9 Å². The van der Waals surface area contributed by atoms with Gasteiger partial charge in [-0.15, -0.1) is 11.3 Å². The number of likely N-dealkylation sites (tertiary alicyclic amines) is 1. The lowest BCUT2D eigenvalue weighted by atomic mass is 9.89. The van der Waals surface area contributed by atoms with E-state index in [0.29, 0.717) is 24.6 Å². The smallest absolute Gasteiger partial charge is 0.259 e. The number of H-pyrrole nitrogens is 1. The van der Waals surface area contributed by atoms with E-state index in [1.807, 2.05) is 4.90 Å². The van der Waals surface area contributed by atoms with Crippen molar-refractivity contribution in [2.45, 2.75) is 51.9 Å². The van der Waals surface area contributed by atoms with Crippen LogP contribution in [0.3, 0.4) is 0 Å². The van der Waals surface area contributed by atoms with Gasteiger partial charge in [0.1, 0.15) is 10.7 Å². The summed E-state index contributed by atoms with van der Waals surface area (Å²) in [6, 6.07) is 0. The first-order valence-corrected chi connectivity index (χ1v) is 9.74. The molecule has 1 atom stereocenters. The predicted molar refractivity (Wildman–Crippen MR) is 95.6 cm³/mol. The molecular formula is C18H23N3O2S. The third kappa shape index (κ3) is 2.88. The molecule has 6 heteroatoms. The molecule has 1 N–H and O–H groups in total. The summed E-state index contributed by atoms with van der Waals surface area (Å²) in [5, 5.41) is 0.788. The Morgan fingerprint density at radius 1 is 1.38 bits per heavy atom. The monoisotopic (exact) mass is 345 g/mol. The fraction of sp³-hybridized carbons (Fsp3) is 0.611. The lowest BCUT2D eigenvalue weighted by Crippen LogP contribution is -2.28. The Bertz CT molecular complexity index is 833. The SMILES string of the molecule is C[C@@H]1CCc2c(sc3nc(CCC(=O)N4CCCC4)[nH]c(=O)c23)C1. The zero-order valence-corrected chi connectivity index (χ0v) is 14.9. The van der Waals surface area contributed by atoms with Gasteiger partial charge < -0.3 is 9.88 Å². The zero-order valence-electron chi connectivity index (χ0n) is 14.1. The number of carbonyl (C=O) groups excluding carboxylic acids is 1. The van der Waals surface area contributed by atoms with Crippen LogP contribution in [0.25, 0.3) is 10.2 Å². The highest BCUT2D eigenvalue weighted by Crippen LogP contribution is 2.35. The fourth-order valence-electron chi connectivity index (χ4n) is 3.86. The van der Waals surface area contributed by atoms with Crippen LogP contribution in [-0.4, -0.2) is 33.9 Å². The van der Waals surface area contributed by atoms with Crippen molar-refractivity contribution in [1.82, 2.24) is 14.9 Å². The van der Waals surface area contributed by atoms with Crippen LogP contribution < -0.4 is 5.56 Å². The number of hydrogen-bond acceptors (Lipinski definition) is 4. The standard InChI is InChI=1S/C18H23N3O2S/c1-11-4-5-12-13(10-11)24-18-16(12)17(23)19-14(20-18)6-7-15(22)21-8-2-3-9-21/h11H,2-10H2,1H3,(H,19,20,23)/t11-/m1/s1. The van der Waals surface area contributed by atoms with Crippen molar-refractivity contribution in [1.29, 1.82) is 0 Å².